The van der Waals surface area contributed by atoms with E-state index in [2.05, 4.69) is 38.1 Å². The van der Waals surface area contributed by atoms with Gasteiger partial charge in [0.25, 0.3) is 7.63 Å². The highest BCUT2D eigenvalue weighted by atomic mass is 35.6. The van der Waals surface area contributed by atoms with Gasteiger partial charge in [0.05, 0.1) is 0 Å². The third kappa shape index (κ3) is 5.71. The molecule has 96 valence electrons. The van der Waals surface area contributed by atoms with Crippen molar-refractivity contribution in [3.63, 3.8) is 0 Å². The molecule has 1 atom stereocenters. The first-order valence-electron chi connectivity index (χ1n) is 6.57. The van der Waals surface area contributed by atoms with Gasteiger partial charge in [-0.3, -0.25) is 0 Å². The number of hydrogen-bond acceptors (Lipinski definition) is 1. The molecule has 0 radical (unpaired) electrons. The van der Waals surface area contributed by atoms with E-state index < -0.39 is 7.63 Å². The fourth-order valence-corrected chi connectivity index (χ4v) is 5.65. The maximum atomic E-state index is 6.75. The summed E-state index contributed by atoms with van der Waals surface area (Å²) in [5.41, 5.74) is 1.31. The van der Waals surface area contributed by atoms with Crippen molar-refractivity contribution < 1.29 is 4.43 Å². The lowest BCUT2D eigenvalue weighted by atomic mass is 10.2. The molecule has 1 nitrogen and oxygen atoms in total. The number of benzene rings is 1. The topological polar surface area (TPSA) is 9.23 Å². The smallest absolute Gasteiger partial charge is 0.294 e. The quantitative estimate of drug-likeness (QED) is 0.492. The highest BCUT2D eigenvalue weighted by Crippen LogP contribution is 2.25. The summed E-state index contributed by atoms with van der Waals surface area (Å²) in [6, 6.07) is 12.5. The summed E-state index contributed by atoms with van der Waals surface area (Å²) in [7, 11) is -2.06. The maximum absolute atomic E-state index is 6.75. The van der Waals surface area contributed by atoms with Crippen molar-refractivity contribution in [1.82, 2.24) is 0 Å². The van der Waals surface area contributed by atoms with Crippen LogP contribution in [0.5, 0.6) is 0 Å². The lowest BCUT2D eigenvalue weighted by Crippen LogP contribution is -2.35. The van der Waals surface area contributed by atoms with Gasteiger partial charge in [-0.15, -0.1) is 11.1 Å². The lowest BCUT2D eigenvalue weighted by Gasteiger charge is -2.24. The van der Waals surface area contributed by atoms with Crippen LogP contribution in [0.1, 0.15) is 38.7 Å². The Bertz CT molecular complexity index is 294. The zero-order valence-corrected chi connectivity index (χ0v) is 12.7. The number of hydrogen-bond donors (Lipinski definition) is 0. The van der Waals surface area contributed by atoms with Crippen LogP contribution in [0.15, 0.2) is 30.3 Å². The molecule has 0 bridgehead atoms. The first-order valence-corrected chi connectivity index (χ1v) is 9.90. The molecule has 0 heterocycles. The Morgan fingerprint density at radius 1 is 1.12 bits per heavy atom. The van der Waals surface area contributed by atoms with E-state index in [1.807, 2.05) is 6.07 Å². The van der Waals surface area contributed by atoms with E-state index in [1.54, 1.807) is 0 Å². The summed E-state index contributed by atoms with van der Waals surface area (Å²) in [6.45, 7) is 5.13. The third-order valence-electron chi connectivity index (χ3n) is 2.78. The van der Waals surface area contributed by atoms with Gasteiger partial charge in [-0.05, 0) is 18.0 Å². The van der Waals surface area contributed by atoms with Gasteiger partial charge in [0.2, 0.25) is 0 Å². The van der Waals surface area contributed by atoms with Crippen LogP contribution >= 0.6 is 11.1 Å². The zero-order valence-electron chi connectivity index (χ0n) is 10.9. The van der Waals surface area contributed by atoms with Gasteiger partial charge >= 0.3 is 0 Å². The van der Waals surface area contributed by atoms with Crippen LogP contribution in [0, 0.1) is 0 Å². The van der Waals surface area contributed by atoms with Crippen LogP contribution in [0.2, 0.25) is 6.04 Å². The fourth-order valence-electron chi connectivity index (χ4n) is 1.84. The molecule has 0 spiro atoms. The van der Waals surface area contributed by atoms with Gasteiger partial charge in [0.15, 0.2) is 0 Å². The molecule has 1 aromatic rings. The van der Waals surface area contributed by atoms with Crippen LogP contribution in [0.4, 0.5) is 0 Å². The molecular formula is C14H23ClOSi. The van der Waals surface area contributed by atoms with Gasteiger partial charge in [-0.1, -0.05) is 57.0 Å². The molecule has 3 heteroatoms. The fraction of sp³-hybridized carbons (Fsp3) is 0.571. The Morgan fingerprint density at radius 3 is 2.41 bits per heavy atom. The molecule has 1 unspecified atom stereocenters. The second kappa shape index (κ2) is 7.91. The van der Waals surface area contributed by atoms with Crippen LogP contribution in [-0.2, 0) is 10.5 Å². The van der Waals surface area contributed by atoms with Crippen molar-refractivity contribution >= 4 is 18.7 Å². The maximum Gasteiger partial charge on any atom is 0.294 e. The minimum atomic E-state index is -2.06. The zero-order chi connectivity index (χ0) is 12.6. The van der Waals surface area contributed by atoms with E-state index in [4.69, 9.17) is 15.5 Å². The summed E-state index contributed by atoms with van der Waals surface area (Å²) in [6.07, 6.45) is 3.40. The SMILES string of the molecule is CCCC[Si](Cl)(Cc1ccccc1)OCCC. The van der Waals surface area contributed by atoms with Gasteiger partial charge in [0.1, 0.15) is 0 Å². The molecule has 0 aliphatic carbocycles. The van der Waals surface area contributed by atoms with E-state index >= 15 is 0 Å². The molecule has 0 aromatic heterocycles. The van der Waals surface area contributed by atoms with Crippen molar-refractivity contribution in [2.75, 3.05) is 6.61 Å². The predicted octanol–water partition coefficient (Wildman–Crippen LogP) is 4.68. The Hall–Kier alpha value is -0.313. The molecule has 0 aliphatic heterocycles. The summed E-state index contributed by atoms with van der Waals surface area (Å²) >= 11 is 6.75. The van der Waals surface area contributed by atoms with Crippen molar-refractivity contribution in [3.8, 4) is 0 Å². The normalized spacial score (nSPS) is 14.5. The molecule has 0 saturated heterocycles. The summed E-state index contributed by atoms with van der Waals surface area (Å²) in [5.74, 6) is 0. The molecule has 0 N–H and O–H groups in total. The predicted molar refractivity (Wildman–Crippen MR) is 77.7 cm³/mol. The number of rotatable bonds is 8. The Balaban J connectivity index is 2.61. The molecule has 1 aromatic carbocycles. The second-order valence-electron chi connectivity index (χ2n) is 4.50. The van der Waals surface area contributed by atoms with Crippen LogP contribution in [0.25, 0.3) is 0 Å². The molecule has 0 fully saturated rings. The first-order chi connectivity index (χ1) is 8.20. The highest BCUT2D eigenvalue weighted by Gasteiger charge is 2.32. The summed E-state index contributed by atoms with van der Waals surface area (Å²) in [4.78, 5) is 0. The van der Waals surface area contributed by atoms with E-state index in [0.717, 1.165) is 25.1 Å². The van der Waals surface area contributed by atoms with Crippen LogP contribution in [-0.4, -0.2) is 14.2 Å². The van der Waals surface area contributed by atoms with E-state index in [-0.39, 0.29) is 0 Å². The summed E-state index contributed by atoms with van der Waals surface area (Å²) in [5, 5.41) is 0. The standard InChI is InChI=1S/C14H23ClOSi/c1-3-5-12-17(15,16-11-4-2)13-14-9-7-6-8-10-14/h6-10H,3-5,11-13H2,1-2H3. The van der Waals surface area contributed by atoms with Gasteiger partial charge in [-0.25, -0.2) is 0 Å². The molecule has 0 aliphatic rings. The van der Waals surface area contributed by atoms with Crippen molar-refractivity contribution in [3.05, 3.63) is 35.9 Å². The average molecular weight is 271 g/mol. The van der Waals surface area contributed by atoms with Gasteiger partial charge < -0.3 is 4.43 Å². The van der Waals surface area contributed by atoms with Gasteiger partial charge in [-0.2, -0.15) is 0 Å². The molecule has 0 amide bonds. The van der Waals surface area contributed by atoms with Crippen LogP contribution in [0.3, 0.4) is 0 Å². The van der Waals surface area contributed by atoms with Crippen molar-refractivity contribution in [2.24, 2.45) is 0 Å². The van der Waals surface area contributed by atoms with Crippen molar-refractivity contribution in [1.29, 1.82) is 0 Å². The Morgan fingerprint density at radius 2 is 1.82 bits per heavy atom. The number of halogens is 1. The molecular weight excluding hydrogens is 248 g/mol. The van der Waals surface area contributed by atoms with Crippen LogP contribution < -0.4 is 0 Å². The minimum absolute atomic E-state index is 0.798. The second-order valence-corrected chi connectivity index (χ2v) is 9.47. The minimum Gasteiger partial charge on any atom is -0.403 e. The lowest BCUT2D eigenvalue weighted by molar-refractivity contribution is 0.309. The largest absolute Gasteiger partial charge is 0.403 e. The van der Waals surface area contributed by atoms with E-state index in [9.17, 15) is 0 Å². The Labute approximate surface area is 111 Å². The molecule has 0 saturated carbocycles. The molecule has 1 rings (SSSR count). The first kappa shape index (κ1) is 14.7. The van der Waals surface area contributed by atoms with E-state index in [0.29, 0.717) is 0 Å². The third-order valence-corrected chi connectivity index (χ3v) is 6.83. The highest BCUT2D eigenvalue weighted by molar-refractivity contribution is 7.16. The molecule has 17 heavy (non-hydrogen) atoms. The number of unbranched alkanes of at least 4 members (excludes halogenated alkanes) is 1. The van der Waals surface area contributed by atoms with Gasteiger partial charge in [0, 0.05) is 12.7 Å². The average Bonchev–Trinajstić information content (AvgIpc) is 2.35. The van der Waals surface area contributed by atoms with E-state index in [1.165, 1.54) is 18.4 Å². The Kier molecular flexibility index (Phi) is 6.86. The summed E-state index contributed by atoms with van der Waals surface area (Å²) < 4.78 is 5.99. The van der Waals surface area contributed by atoms with Crippen molar-refractivity contribution in [2.45, 2.75) is 45.2 Å². The monoisotopic (exact) mass is 270 g/mol.